The molecule has 4 rings (SSSR count). The lowest BCUT2D eigenvalue weighted by Gasteiger charge is -2.26. The van der Waals surface area contributed by atoms with Gasteiger partial charge in [0.1, 0.15) is 12.4 Å². The van der Waals surface area contributed by atoms with E-state index in [1.165, 1.54) is 12.3 Å². The van der Waals surface area contributed by atoms with E-state index in [1.54, 1.807) is 24.3 Å². The fraction of sp³-hybridized carbons (Fsp3) is 0.250. The molecular weight excluding hydrogens is 484 g/mol. The predicted molar refractivity (Wildman–Crippen MR) is 144 cm³/mol. The van der Waals surface area contributed by atoms with Crippen molar-refractivity contribution < 1.29 is 19.1 Å². The van der Waals surface area contributed by atoms with Crippen molar-refractivity contribution in [3.05, 3.63) is 90.3 Å². The Labute approximate surface area is 220 Å². The zero-order valence-electron chi connectivity index (χ0n) is 21.1. The number of nitrogens with two attached hydrogens (primary N) is 1. The molecule has 1 aliphatic rings. The van der Waals surface area contributed by atoms with Crippen LogP contribution in [0, 0.1) is 0 Å². The number of esters is 1. The van der Waals surface area contributed by atoms with E-state index < -0.39 is 11.9 Å². The quantitative estimate of drug-likeness (QED) is 0.277. The van der Waals surface area contributed by atoms with Crippen LogP contribution in [0.15, 0.2) is 73.4 Å². The molecule has 0 spiro atoms. The second-order valence-electron chi connectivity index (χ2n) is 9.04. The first-order valence-electron chi connectivity index (χ1n) is 12.2. The molecule has 0 aliphatic heterocycles. The van der Waals surface area contributed by atoms with Gasteiger partial charge in [-0.3, -0.25) is 9.59 Å². The summed E-state index contributed by atoms with van der Waals surface area (Å²) in [6.45, 7) is 3.68. The number of anilines is 3. The number of aromatic nitrogens is 2. The Bertz CT molecular complexity index is 1310. The van der Waals surface area contributed by atoms with Crippen molar-refractivity contribution >= 4 is 35.1 Å². The monoisotopic (exact) mass is 514 g/mol. The van der Waals surface area contributed by atoms with Crippen LogP contribution in [0.25, 0.3) is 0 Å². The van der Waals surface area contributed by atoms with Gasteiger partial charge in [0, 0.05) is 24.8 Å². The number of carbonyl (C=O) groups excluding carboxylic acids is 3. The van der Waals surface area contributed by atoms with Crippen molar-refractivity contribution in [1.82, 2.24) is 15.3 Å². The highest BCUT2D eigenvalue weighted by molar-refractivity contribution is 5.96. The Morgan fingerprint density at radius 3 is 2.55 bits per heavy atom. The van der Waals surface area contributed by atoms with E-state index in [4.69, 9.17) is 10.5 Å². The molecule has 1 aromatic heterocycles. The van der Waals surface area contributed by atoms with Crippen molar-refractivity contribution in [3.63, 3.8) is 0 Å². The maximum absolute atomic E-state index is 12.4. The fourth-order valence-corrected chi connectivity index (χ4v) is 4.34. The second kappa shape index (κ2) is 12.0. The zero-order valence-corrected chi connectivity index (χ0v) is 21.1. The van der Waals surface area contributed by atoms with Crippen LogP contribution in [-0.4, -0.2) is 46.9 Å². The first kappa shape index (κ1) is 26.3. The van der Waals surface area contributed by atoms with Crippen molar-refractivity contribution in [2.75, 3.05) is 17.3 Å². The van der Waals surface area contributed by atoms with Gasteiger partial charge in [-0.25, -0.2) is 14.8 Å². The maximum atomic E-state index is 12.4. The third-order valence-electron chi connectivity index (χ3n) is 6.44. The highest BCUT2D eigenvalue weighted by Crippen LogP contribution is 2.28. The first-order valence-corrected chi connectivity index (χ1v) is 12.2. The number of carbonyl (C=O) groups is 3. The minimum Gasteiger partial charge on any atom is -0.457 e. The molecule has 1 saturated carbocycles. The van der Waals surface area contributed by atoms with Crippen LogP contribution >= 0.6 is 0 Å². The van der Waals surface area contributed by atoms with Crippen LogP contribution in [0.4, 0.5) is 17.3 Å². The number of hydrogen-bond acceptors (Lipinski definition) is 8. The Balaban J connectivity index is 1.43. The van der Waals surface area contributed by atoms with Gasteiger partial charge in [0.05, 0.1) is 11.8 Å². The minimum absolute atomic E-state index is 0.00366. The molecule has 2 amide bonds. The average molecular weight is 515 g/mol. The third-order valence-corrected chi connectivity index (χ3v) is 6.44. The highest BCUT2D eigenvalue weighted by atomic mass is 16.5. The number of nitrogens with zero attached hydrogens (tertiary/aromatic N) is 3. The summed E-state index contributed by atoms with van der Waals surface area (Å²) in [6.07, 6.45) is 5.23. The number of benzene rings is 2. The molecule has 196 valence electrons. The number of hydrogen-bond donors (Lipinski definition) is 3. The number of rotatable bonds is 10. The normalized spacial score (nSPS) is 16.3. The Morgan fingerprint density at radius 1 is 1.13 bits per heavy atom. The van der Waals surface area contributed by atoms with Gasteiger partial charge >= 0.3 is 5.97 Å². The van der Waals surface area contributed by atoms with Gasteiger partial charge in [-0.05, 0) is 55.2 Å². The van der Waals surface area contributed by atoms with Crippen molar-refractivity contribution in [2.24, 2.45) is 5.73 Å². The maximum Gasteiger partial charge on any atom is 0.338 e. The summed E-state index contributed by atoms with van der Waals surface area (Å²) < 4.78 is 5.37. The largest absolute Gasteiger partial charge is 0.457 e. The summed E-state index contributed by atoms with van der Waals surface area (Å²) in [6, 6.07) is 16.2. The molecule has 0 saturated heterocycles. The molecule has 10 nitrogen and oxygen atoms in total. The third kappa shape index (κ3) is 6.52. The Morgan fingerprint density at radius 2 is 1.87 bits per heavy atom. The van der Waals surface area contributed by atoms with E-state index in [0.717, 1.165) is 24.8 Å². The zero-order chi connectivity index (χ0) is 27.1. The van der Waals surface area contributed by atoms with Crippen LogP contribution in [0.1, 0.15) is 45.7 Å². The van der Waals surface area contributed by atoms with E-state index in [2.05, 4.69) is 27.2 Å². The van der Waals surface area contributed by atoms with Crippen LogP contribution in [0.5, 0.6) is 0 Å². The average Bonchev–Trinajstić information content (AvgIpc) is 3.40. The minimum atomic E-state index is -0.719. The van der Waals surface area contributed by atoms with Crippen molar-refractivity contribution in [3.8, 4) is 0 Å². The van der Waals surface area contributed by atoms with Gasteiger partial charge in [0.15, 0.2) is 11.5 Å². The van der Waals surface area contributed by atoms with Crippen molar-refractivity contribution in [1.29, 1.82) is 0 Å². The second-order valence-corrected chi connectivity index (χ2v) is 9.04. The fourth-order valence-electron chi connectivity index (χ4n) is 4.34. The summed E-state index contributed by atoms with van der Waals surface area (Å²) in [7, 11) is 1.90. The molecule has 10 heteroatoms. The molecule has 2 atom stereocenters. The molecule has 1 heterocycles. The molecule has 4 N–H and O–H groups in total. The Hall–Kier alpha value is -4.73. The Kier molecular flexibility index (Phi) is 8.32. The standard InChI is InChI=1S/C28H30N6O4/c1-3-24(35)31-21-13-14-22(15-21)34(2)23-16-30-25(26(29)36)27(33-23)32-20-11-9-19(10-12-20)28(37)38-17-18-7-5-4-6-8-18/h3-12,16,21-22H,1,13-15,17H2,2H3,(H2,29,36)(H,31,35)(H,32,33)/t21?,22-/m1/s1. The van der Waals surface area contributed by atoms with Gasteiger partial charge in [0.25, 0.3) is 5.91 Å². The van der Waals surface area contributed by atoms with Gasteiger partial charge in [-0.2, -0.15) is 0 Å². The molecule has 2 aromatic carbocycles. The topological polar surface area (TPSA) is 140 Å². The van der Waals surface area contributed by atoms with Crippen LogP contribution < -0.4 is 21.3 Å². The lowest BCUT2D eigenvalue weighted by molar-refractivity contribution is -0.117. The molecule has 1 unspecified atom stereocenters. The molecule has 0 radical (unpaired) electrons. The van der Waals surface area contributed by atoms with E-state index >= 15 is 0 Å². The van der Waals surface area contributed by atoms with Gasteiger partial charge in [0.2, 0.25) is 5.91 Å². The summed E-state index contributed by atoms with van der Waals surface area (Å²) in [5.41, 5.74) is 7.41. The van der Waals surface area contributed by atoms with E-state index in [-0.39, 0.29) is 36.1 Å². The summed E-state index contributed by atoms with van der Waals surface area (Å²) in [4.78, 5) is 46.9. The first-order chi connectivity index (χ1) is 18.3. The summed E-state index contributed by atoms with van der Waals surface area (Å²) in [5, 5.41) is 6.02. The molecule has 38 heavy (non-hydrogen) atoms. The number of primary amides is 1. The number of amides is 2. The van der Waals surface area contributed by atoms with Crippen LogP contribution in [0.2, 0.25) is 0 Å². The number of nitrogens with one attached hydrogen (secondary N) is 2. The molecular formula is C28H30N6O4. The van der Waals surface area contributed by atoms with E-state index in [9.17, 15) is 14.4 Å². The lowest BCUT2D eigenvalue weighted by atomic mass is 10.2. The van der Waals surface area contributed by atoms with Crippen LogP contribution in [0.3, 0.4) is 0 Å². The highest BCUT2D eigenvalue weighted by Gasteiger charge is 2.29. The lowest BCUT2D eigenvalue weighted by Crippen LogP contribution is -2.35. The molecule has 1 fully saturated rings. The van der Waals surface area contributed by atoms with Crippen molar-refractivity contribution in [2.45, 2.75) is 38.0 Å². The molecule has 3 aromatic rings. The predicted octanol–water partition coefficient (Wildman–Crippen LogP) is 3.34. The van der Waals surface area contributed by atoms with E-state index in [0.29, 0.717) is 17.1 Å². The molecule has 0 bridgehead atoms. The van der Waals surface area contributed by atoms with Gasteiger partial charge in [-0.1, -0.05) is 36.9 Å². The van der Waals surface area contributed by atoms with Crippen LogP contribution in [-0.2, 0) is 16.1 Å². The smallest absolute Gasteiger partial charge is 0.338 e. The SMILES string of the molecule is C=CC(=O)NC1CC[C@@H](N(C)c2cnc(C(N)=O)c(Nc3ccc(C(=O)OCc4ccccc4)cc3)n2)C1. The summed E-state index contributed by atoms with van der Waals surface area (Å²) in [5.74, 6) is -0.592. The molecule has 1 aliphatic carbocycles. The number of ether oxygens (including phenoxy) is 1. The van der Waals surface area contributed by atoms with Gasteiger partial charge in [-0.15, -0.1) is 0 Å². The van der Waals surface area contributed by atoms with Gasteiger partial charge < -0.3 is 26.0 Å². The summed E-state index contributed by atoms with van der Waals surface area (Å²) >= 11 is 0. The van der Waals surface area contributed by atoms with E-state index in [1.807, 2.05) is 42.3 Å².